The van der Waals surface area contributed by atoms with Crippen molar-refractivity contribution in [1.29, 1.82) is 0 Å². The minimum Gasteiger partial charge on any atom is -0.302 e. The van der Waals surface area contributed by atoms with E-state index in [1.165, 1.54) is 0 Å². The van der Waals surface area contributed by atoms with Crippen molar-refractivity contribution in [2.45, 2.75) is 25.4 Å². The highest BCUT2D eigenvalue weighted by molar-refractivity contribution is 5.88. The maximum Gasteiger partial charge on any atom is 0.181 e. The number of rotatable bonds is 1. The Labute approximate surface area is 66.4 Å². The third-order valence-corrected chi connectivity index (χ3v) is 2.30. The number of nitrogens with zero attached hydrogens (tertiary/aromatic N) is 1. The van der Waals surface area contributed by atoms with Gasteiger partial charge in [-0.1, -0.05) is 6.92 Å². The van der Waals surface area contributed by atoms with Crippen molar-refractivity contribution in [3.8, 4) is 0 Å². The summed E-state index contributed by atoms with van der Waals surface area (Å²) in [7, 11) is 1.84. The van der Waals surface area contributed by atoms with Gasteiger partial charge in [-0.05, 0) is 13.5 Å². The first-order chi connectivity index (χ1) is 5.08. The lowest BCUT2D eigenvalue weighted by molar-refractivity contribution is -0.135. The lowest BCUT2D eigenvalue weighted by atomic mass is 9.91. The summed E-state index contributed by atoms with van der Waals surface area (Å²) in [6.07, 6.45) is 0.664. The fraction of sp³-hybridized carbons (Fsp3) is 0.875. The van der Waals surface area contributed by atoms with Gasteiger partial charge < -0.3 is 4.90 Å². The summed E-state index contributed by atoms with van der Waals surface area (Å²) in [5, 5.41) is 0. The van der Waals surface area contributed by atoms with E-state index >= 15 is 0 Å². The molecule has 3 heteroatoms. The van der Waals surface area contributed by atoms with E-state index in [9.17, 15) is 9.18 Å². The molecular weight excluding hydrogens is 145 g/mol. The summed E-state index contributed by atoms with van der Waals surface area (Å²) in [6.45, 7) is 2.68. The Kier molecular flexibility index (Phi) is 2.28. The van der Waals surface area contributed by atoms with Crippen molar-refractivity contribution in [1.82, 2.24) is 4.90 Å². The van der Waals surface area contributed by atoms with Gasteiger partial charge >= 0.3 is 0 Å². The van der Waals surface area contributed by atoms with Crippen LogP contribution in [0.25, 0.3) is 0 Å². The van der Waals surface area contributed by atoms with Crippen LogP contribution < -0.4 is 0 Å². The van der Waals surface area contributed by atoms with Gasteiger partial charge in [0.25, 0.3) is 0 Å². The first-order valence-corrected chi connectivity index (χ1v) is 3.99. The highest BCUT2D eigenvalue weighted by Gasteiger charge is 2.40. The molecule has 0 aromatic carbocycles. The van der Waals surface area contributed by atoms with E-state index in [1.54, 1.807) is 6.92 Å². The van der Waals surface area contributed by atoms with Crippen LogP contribution in [0.5, 0.6) is 0 Å². The Balaban J connectivity index is 2.68. The number of Topliss-reactive ketones (excluding diaryl/α,β-unsaturated/α-hetero) is 1. The second kappa shape index (κ2) is 2.89. The minimum absolute atomic E-state index is 0.224. The zero-order valence-electron chi connectivity index (χ0n) is 7.06. The number of piperidine rings is 1. The zero-order valence-corrected chi connectivity index (χ0v) is 7.06. The Morgan fingerprint density at radius 2 is 2.36 bits per heavy atom. The van der Waals surface area contributed by atoms with Gasteiger partial charge in [0.2, 0.25) is 0 Å². The number of carbonyl (C=O) groups is 1. The van der Waals surface area contributed by atoms with Crippen LogP contribution in [-0.2, 0) is 4.79 Å². The summed E-state index contributed by atoms with van der Waals surface area (Å²) in [6, 6.07) is 0. The molecule has 11 heavy (non-hydrogen) atoms. The second-order valence-corrected chi connectivity index (χ2v) is 3.23. The predicted octanol–water partition coefficient (Wildman–Crippen LogP) is 1.01. The van der Waals surface area contributed by atoms with Gasteiger partial charge in [-0.25, -0.2) is 4.39 Å². The van der Waals surface area contributed by atoms with E-state index in [0.717, 1.165) is 0 Å². The molecule has 1 aliphatic rings. The number of halogens is 1. The molecule has 1 saturated heterocycles. The van der Waals surface area contributed by atoms with Crippen molar-refractivity contribution >= 4 is 5.78 Å². The first-order valence-electron chi connectivity index (χ1n) is 3.99. The molecule has 0 spiro atoms. The molecule has 2 nitrogen and oxygen atoms in total. The van der Waals surface area contributed by atoms with Gasteiger partial charge in [-0.3, -0.25) is 4.79 Å². The smallest absolute Gasteiger partial charge is 0.181 e. The van der Waals surface area contributed by atoms with Crippen LogP contribution in [0, 0.1) is 0 Å². The zero-order chi connectivity index (χ0) is 8.48. The van der Waals surface area contributed by atoms with E-state index < -0.39 is 5.67 Å². The number of alkyl halides is 1. The maximum atomic E-state index is 13.6. The second-order valence-electron chi connectivity index (χ2n) is 3.23. The molecule has 0 bridgehead atoms. The third kappa shape index (κ3) is 1.59. The number of carbonyl (C=O) groups excluding carboxylic acids is 1. The summed E-state index contributed by atoms with van der Waals surface area (Å²) >= 11 is 0. The molecular formula is C8H14FNO. The Morgan fingerprint density at radius 1 is 1.73 bits per heavy atom. The highest BCUT2D eigenvalue weighted by atomic mass is 19.1. The van der Waals surface area contributed by atoms with Crippen LogP contribution in [0.15, 0.2) is 0 Å². The van der Waals surface area contributed by atoms with Crippen LogP contribution >= 0.6 is 0 Å². The van der Waals surface area contributed by atoms with Gasteiger partial charge in [-0.15, -0.1) is 0 Å². The van der Waals surface area contributed by atoms with Gasteiger partial charge in [0.1, 0.15) is 0 Å². The predicted molar refractivity (Wildman–Crippen MR) is 41.3 cm³/mol. The molecule has 0 aromatic heterocycles. The quantitative estimate of drug-likeness (QED) is 0.569. The molecule has 1 atom stereocenters. The van der Waals surface area contributed by atoms with Gasteiger partial charge in [0, 0.05) is 19.5 Å². The normalized spacial score (nSPS) is 34.3. The fourth-order valence-corrected chi connectivity index (χ4v) is 1.42. The van der Waals surface area contributed by atoms with Gasteiger partial charge in [-0.2, -0.15) is 0 Å². The first kappa shape index (κ1) is 8.65. The van der Waals surface area contributed by atoms with Crippen LogP contribution in [0.3, 0.4) is 0 Å². The summed E-state index contributed by atoms with van der Waals surface area (Å²) in [5.74, 6) is -0.224. The largest absolute Gasteiger partial charge is 0.302 e. The number of likely N-dealkylation sites (tertiary alicyclic amines) is 1. The van der Waals surface area contributed by atoms with Crippen molar-refractivity contribution in [3.63, 3.8) is 0 Å². The van der Waals surface area contributed by atoms with E-state index in [4.69, 9.17) is 0 Å². The highest BCUT2D eigenvalue weighted by Crippen LogP contribution is 2.24. The van der Waals surface area contributed by atoms with E-state index in [1.807, 2.05) is 11.9 Å². The van der Waals surface area contributed by atoms with Crippen LogP contribution in [0.4, 0.5) is 4.39 Å². The molecule has 1 unspecified atom stereocenters. The summed E-state index contributed by atoms with van der Waals surface area (Å²) in [5.41, 5.74) is -1.56. The molecule has 0 aromatic rings. The number of hydrogen-bond donors (Lipinski definition) is 0. The molecule has 0 aliphatic carbocycles. The molecule has 0 radical (unpaired) electrons. The van der Waals surface area contributed by atoms with Crippen LogP contribution in [0.2, 0.25) is 0 Å². The molecule has 0 amide bonds. The van der Waals surface area contributed by atoms with Crippen molar-refractivity contribution in [3.05, 3.63) is 0 Å². The lowest BCUT2D eigenvalue weighted by Crippen LogP contribution is -2.49. The van der Waals surface area contributed by atoms with Crippen molar-refractivity contribution in [2.24, 2.45) is 0 Å². The number of hydrogen-bond acceptors (Lipinski definition) is 2. The average molecular weight is 159 g/mol. The molecule has 1 rings (SSSR count). The number of ketones is 1. The molecule has 1 aliphatic heterocycles. The molecule has 64 valence electrons. The van der Waals surface area contributed by atoms with E-state index in [0.29, 0.717) is 19.4 Å². The molecule has 0 N–H and O–H groups in total. The van der Waals surface area contributed by atoms with Crippen molar-refractivity contribution < 1.29 is 9.18 Å². The topological polar surface area (TPSA) is 20.3 Å². The third-order valence-electron chi connectivity index (χ3n) is 2.30. The minimum atomic E-state index is -1.56. The fourth-order valence-electron chi connectivity index (χ4n) is 1.42. The average Bonchev–Trinajstić information content (AvgIpc) is 1.98. The molecule has 0 saturated carbocycles. The van der Waals surface area contributed by atoms with Crippen LogP contribution in [0.1, 0.15) is 19.8 Å². The Bertz CT molecular complexity index is 171. The van der Waals surface area contributed by atoms with E-state index in [-0.39, 0.29) is 12.3 Å². The summed E-state index contributed by atoms with van der Waals surface area (Å²) < 4.78 is 13.6. The Hall–Kier alpha value is -0.440. The van der Waals surface area contributed by atoms with E-state index in [2.05, 4.69) is 0 Å². The Morgan fingerprint density at radius 3 is 2.82 bits per heavy atom. The monoisotopic (exact) mass is 159 g/mol. The molecule has 1 heterocycles. The standard InChI is InChI=1S/C8H14FNO/c1-3-8(9)6-10(2)5-4-7(8)11/h3-6H2,1-2H3. The van der Waals surface area contributed by atoms with Gasteiger partial charge in [0.15, 0.2) is 11.5 Å². The van der Waals surface area contributed by atoms with Crippen molar-refractivity contribution in [2.75, 3.05) is 20.1 Å². The summed E-state index contributed by atoms with van der Waals surface area (Å²) in [4.78, 5) is 13.0. The SMILES string of the molecule is CCC1(F)CN(C)CCC1=O. The lowest BCUT2D eigenvalue weighted by Gasteiger charge is -2.32. The van der Waals surface area contributed by atoms with Crippen LogP contribution in [-0.4, -0.2) is 36.5 Å². The maximum absolute atomic E-state index is 13.6. The van der Waals surface area contributed by atoms with Gasteiger partial charge in [0.05, 0.1) is 0 Å². The molecule has 1 fully saturated rings.